The van der Waals surface area contributed by atoms with E-state index in [0.717, 1.165) is 12.1 Å². The monoisotopic (exact) mass is 212 g/mol. The smallest absolute Gasteiger partial charge is 0.0119 e. The van der Waals surface area contributed by atoms with Gasteiger partial charge in [-0.3, -0.25) is 0 Å². The Morgan fingerprint density at radius 2 is 1.67 bits per heavy atom. The predicted molar refractivity (Wildman–Crippen MR) is 67.3 cm³/mol. The molecule has 0 atom stereocenters. The highest BCUT2D eigenvalue weighted by molar-refractivity contribution is 4.80. The fourth-order valence-electron chi connectivity index (χ4n) is 2.73. The lowest BCUT2D eigenvalue weighted by Crippen LogP contribution is -2.45. The lowest BCUT2D eigenvalue weighted by Gasteiger charge is -2.37. The molecule has 1 N–H and O–H groups in total. The number of rotatable bonds is 6. The number of hydrogen-bond acceptors (Lipinski definition) is 2. The van der Waals surface area contributed by atoms with Gasteiger partial charge < -0.3 is 10.2 Å². The molecular formula is C13H28N2. The highest BCUT2D eigenvalue weighted by Crippen LogP contribution is 2.19. The maximum atomic E-state index is 3.45. The average Bonchev–Trinajstić information content (AvgIpc) is 2.29. The molecule has 0 unspecified atom stereocenters. The third kappa shape index (κ3) is 4.12. The van der Waals surface area contributed by atoms with Gasteiger partial charge in [0.05, 0.1) is 0 Å². The van der Waals surface area contributed by atoms with E-state index in [2.05, 4.69) is 31.1 Å². The SMILES string of the molecule is CCCC(CCC)N(C)C1CCNCC1. The number of piperidine rings is 1. The van der Waals surface area contributed by atoms with Crippen LogP contribution in [0, 0.1) is 0 Å². The summed E-state index contributed by atoms with van der Waals surface area (Å²) in [6, 6.07) is 1.65. The highest BCUT2D eigenvalue weighted by atomic mass is 15.2. The van der Waals surface area contributed by atoms with Crippen molar-refractivity contribution in [3.05, 3.63) is 0 Å². The molecule has 0 aromatic carbocycles. The minimum atomic E-state index is 0.822. The zero-order valence-corrected chi connectivity index (χ0v) is 10.8. The van der Waals surface area contributed by atoms with Crippen LogP contribution < -0.4 is 5.32 Å². The average molecular weight is 212 g/mol. The van der Waals surface area contributed by atoms with E-state index >= 15 is 0 Å². The Morgan fingerprint density at radius 1 is 1.13 bits per heavy atom. The maximum absolute atomic E-state index is 3.45. The van der Waals surface area contributed by atoms with E-state index in [1.54, 1.807) is 0 Å². The van der Waals surface area contributed by atoms with Crippen LogP contribution in [0.4, 0.5) is 0 Å². The van der Waals surface area contributed by atoms with Gasteiger partial charge >= 0.3 is 0 Å². The summed E-state index contributed by atoms with van der Waals surface area (Å²) in [5.41, 5.74) is 0. The standard InChI is InChI=1S/C13H28N2/c1-4-6-12(7-5-2)15(3)13-8-10-14-11-9-13/h12-14H,4-11H2,1-3H3. The lowest BCUT2D eigenvalue weighted by molar-refractivity contribution is 0.128. The molecule has 0 bridgehead atoms. The molecule has 1 heterocycles. The van der Waals surface area contributed by atoms with Gasteiger partial charge in [0.25, 0.3) is 0 Å². The number of hydrogen-bond donors (Lipinski definition) is 1. The Balaban J connectivity index is 2.41. The van der Waals surface area contributed by atoms with E-state index in [1.807, 2.05) is 0 Å². The summed E-state index contributed by atoms with van der Waals surface area (Å²) >= 11 is 0. The van der Waals surface area contributed by atoms with Crippen LogP contribution in [-0.2, 0) is 0 Å². The van der Waals surface area contributed by atoms with Gasteiger partial charge in [0.15, 0.2) is 0 Å². The van der Waals surface area contributed by atoms with Crippen molar-refractivity contribution in [2.75, 3.05) is 20.1 Å². The van der Waals surface area contributed by atoms with E-state index in [1.165, 1.54) is 51.6 Å². The van der Waals surface area contributed by atoms with Crippen molar-refractivity contribution in [1.82, 2.24) is 10.2 Å². The van der Waals surface area contributed by atoms with Crippen LogP contribution in [0.15, 0.2) is 0 Å². The van der Waals surface area contributed by atoms with Gasteiger partial charge in [0, 0.05) is 12.1 Å². The van der Waals surface area contributed by atoms with Crippen molar-refractivity contribution in [1.29, 1.82) is 0 Å². The Labute approximate surface area is 95.4 Å². The summed E-state index contributed by atoms with van der Waals surface area (Å²) in [6.07, 6.45) is 8.04. The highest BCUT2D eigenvalue weighted by Gasteiger charge is 2.22. The number of nitrogens with zero attached hydrogens (tertiary/aromatic N) is 1. The summed E-state index contributed by atoms with van der Waals surface area (Å²) in [5.74, 6) is 0. The normalized spacial score (nSPS) is 19.0. The van der Waals surface area contributed by atoms with Gasteiger partial charge in [0.2, 0.25) is 0 Å². The summed E-state index contributed by atoms with van der Waals surface area (Å²) in [6.45, 7) is 7.03. The van der Waals surface area contributed by atoms with Gasteiger partial charge in [-0.25, -0.2) is 0 Å². The Bertz CT molecular complexity index is 147. The van der Waals surface area contributed by atoms with E-state index in [9.17, 15) is 0 Å². The van der Waals surface area contributed by atoms with Gasteiger partial charge in [-0.05, 0) is 45.8 Å². The first-order valence-corrected chi connectivity index (χ1v) is 6.72. The van der Waals surface area contributed by atoms with Gasteiger partial charge in [0.1, 0.15) is 0 Å². The molecular weight excluding hydrogens is 184 g/mol. The first-order valence-electron chi connectivity index (χ1n) is 6.72. The first-order chi connectivity index (χ1) is 7.29. The zero-order valence-electron chi connectivity index (χ0n) is 10.8. The van der Waals surface area contributed by atoms with Crippen molar-refractivity contribution in [2.24, 2.45) is 0 Å². The van der Waals surface area contributed by atoms with E-state index in [0.29, 0.717) is 0 Å². The molecule has 90 valence electrons. The van der Waals surface area contributed by atoms with Crippen LogP contribution in [0.1, 0.15) is 52.4 Å². The van der Waals surface area contributed by atoms with Crippen molar-refractivity contribution in [3.8, 4) is 0 Å². The molecule has 0 aromatic rings. The second kappa shape index (κ2) is 7.24. The third-order valence-corrected chi connectivity index (χ3v) is 3.70. The molecule has 1 aliphatic rings. The van der Waals surface area contributed by atoms with Crippen LogP contribution in [0.5, 0.6) is 0 Å². The topological polar surface area (TPSA) is 15.3 Å². The Morgan fingerprint density at radius 3 is 2.13 bits per heavy atom. The molecule has 15 heavy (non-hydrogen) atoms. The van der Waals surface area contributed by atoms with Crippen molar-refractivity contribution >= 4 is 0 Å². The molecule has 2 heteroatoms. The summed E-state index contributed by atoms with van der Waals surface area (Å²) in [5, 5.41) is 3.45. The van der Waals surface area contributed by atoms with Crippen molar-refractivity contribution < 1.29 is 0 Å². The van der Waals surface area contributed by atoms with Crippen LogP contribution in [-0.4, -0.2) is 37.1 Å². The molecule has 0 radical (unpaired) electrons. The molecule has 1 rings (SSSR count). The molecule has 0 amide bonds. The molecule has 0 aliphatic carbocycles. The summed E-state index contributed by atoms with van der Waals surface area (Å²) in [7, 11) is 2.34. The van der Waals surface area contributed by atoms with E-state index in [4.69, 9.17) is 0 Å². The van der Waals surface area contributed by atoms with Gasteiger partial charge in [-0.2, -0.15) is 0 Å². The van der Waals surface area contributed by atoms with E-state index in [-0.39, 0.29) is 0 Å². The summed E-state index contributed by atoms with van der Waals surface area (Å²) < 4.78 is 0. The van der Waals surface area contributed by atoms with Crippen molar-refractivity contribution in [2.45, 2.75) is 64.5 Å². The van der Waals surface area contributed by atoms with Gasteiger partial charge in [-0.1, -0.05) is 26.7 Å². The third-order valence-electron chi connectivity index (χ3n) is 3.70. The predicted octanol–water partition coefficient (Wildman–Crippen LogP) is 2.64. The first kappa shape index (κ1) is 13.0. The van der Waals surface area contributed by atoms with Crippen LogP contribution in [0.2, 0.25) is 0 Å². The quantitative estimate of drug-likeness (QED) is 0.728. The molecule has 1 fully saturated rings. The molecule has 1 saturated heterocycles. The largest absolute Gasteiger partial charge is 0.317 e. The van der Waals surface area contributed by atoms with Crippen LogP contribution in [0.3, 0.4) is 0 Å². The molecule has 0 aromatic heterocycles. The second-order valence-electron chi connectivity index (χ2n) is 4.88. The summed E-state index contributed by atoms with van der Waals surface area (Å²) in [4.78, 5) is 2.66. The molecule has 0 spiro atoms. The van der Waals surface area contributed by atoms with Crippen LogP contribution >= 0.6 is 0 Å². The van der Waals surface area contributed by atoms with Gasteiger partial charge in [-0.15, -0.1) is 0 Å². The molecule has 2 nitrogen and oxygen atoms in total. The minimum Gasteiger partial charge on any atom is -0.317 e. The number of nitrogens with one attached hydrogen (secondary N) is 1. The minimum absolute atomic E-state index is 0.822. The fourth-order valence-corrected chi connectivity index (χ4v) is 2.73. The molecule has 0 saturated carbocycles. The van der Waals surface area contributed by atoms with E-state index < -0.39 is 0 Å². The van der Waals surface area contributed by atoms with Crippen LogP contribution in [0.25, 0.3) is 0 Å². The Kier molecular flexibility index (Phi) is 6.26. The maximum Gasteiger partial charge on any atom is 0.0119 e. The fraction of sp³-hybridized carbons (Fsp3) is 1.00. The Hall–Kier alpha value is -0.0800. The lowest BCUT2D eigenvalue weighted by atomic mass is 9.99. The molecule has 1 aliphatic heterocycles. The van der Waals surface area contributed by atoms with Crippen molar-refractivity contribution in [3.63, 3.8) is 0 Å². The second-order valence-corrected chi connectivity index (χ2v) is 4.88. The zero-order chi connectivity index (χ0) is 11.1.